The molecule has 10 nitrogen and oxygen atoms in total. The van der Waals surface area contributed by atoms with Gasteiger partial charge >= 0.3 is 0 Å². The number of ether oxygens (including phenoxy) is 1. The first-order valence-electron chi connectivity index (χ1n) is 9.67. The molecular weight excluding hydrogens is 477 g/mol. The van der Waals surface area contributed by atoms with Crippen LogP contribution in [0.3, 0.4) is 0 Å². The Hall–Kier alpha value is -2.60. The van der Waals surface area contributed by atoms with Crippen molar-refractivity contribution in [2.45, 2.75) is 4.90 Å². The van der Waals surface area contributed by atoms with Crippen LogP contribution in [0.1, 0.15) is 0 Å². The van der Waals surface area contributed by atoms with Gasteiger partial charge in [0.2, 0.25) is 11.8 Å². The van der Waals surface area contributed by atoms with Gasteiger partial charge in [0.05, 0.1) is 11.9 Å². The maximum atomic E-state index is 12.5. The number of halogens is 2. The molecule has 3 aromatic rings. The number of nitrogens with one attached hydrogen (secondary N) is 1. The molecule has 0 amide bonds. The Labute approximate surface area is 195 Å². The van der Waals surface area contributed by atoms with E-state index in [-0.39, 0.29) is 21.9 Å². The summed E-state index contributed by atoms with van der Waals surface area (Å²) >= 11 is 12.7. The van der Waals surface area contributed by atoms with Crippen molar-refractivity contribution in [1.82, 2.24) is 24.6 Å². The lowest BCUT2D eigenvalue weighted by molar-refractivity contribution is 0.313. The van der Waals surface area contributed by atoms with Crippen LogP contribution in [-0.2, 0) is 17.1 Å². The summed E-state index contributed by atoms with van der Waals surface area (Å²) in [5.74, 6) is 0.188. The molecular formula is C19H21Cl2N7O3S. The zero-order valence-electron chi connectivity index (χ0n) is 17.4. The first-order chi connectivity index (χ1) is 15.2. The van der Waals surface area contributed by atoms with Crippen LogP contribution in [0, 0.1) is 0 Å². The fraction of sp³-hybridized carbons (Fsp3) is 0.316. The average molecular weight is 498 g/mol. The third-order valence-electron chi connectivity index (χ3n) is 4.89. The summed E-state index contributed by atoms with van der Waals surface area (Å²) in [5, 5.41) is 4.30. The molecule has 1 saturated heterocycles. The van der Waals surface area contributed by atoms with Crippen LogP contribution in [0.2, 0.25) is 10.2 Å². The van der Waals surface area contributed by atoms with E-state index in [1.54, 1.807) is 13.1 Å². The van der Waals surface area contributed by atoms with E-state index in [0.717, 1.165) is 31.9 Å². The molecule has 1 fully saturated rings. The Morgan fingerprint density at radius 2 is 1.84 bits per heavy atom. The van der Waals surface area contributed by atoms with E-state index in [0.29, 0.717) is 10.8 Å². The zero-order valence-corrected chi connectivity index (χ0v) is 19.7. The van der Waals surface area contributed by atoms with Crippen LogP contribution in [-0.4, -0.2) is 66.3 Å². The monoisotopic (exact) mass is 497 g/mol. The molecule has 3 heterocycles. The fourth-order valence-corrected chi connectivity index (χ4v) is 4.58. The molecule has 0 spiro atoms. The van der Waals surface area contributed by atoms with E-state index in [1.807, 2.05) is 12.1 Å². The number of hydrogen-bond acceptors (Lipinski definition) is 8. The van der Waals surface area contributed by atoms with Crippen molar-refractivity contribution < 1.29 is 13.2 Å². The van der Waals surface area contributed by atoms with Gasteiger partial charge in [-0.3, -0.25) is 4.68 Å². The summed E-state index contributed by atoms with van der Waals surface area (Å²) in [7, 11) is -0.249. The van der Waals surface area contributed by atoms with Crippen molar-refractivity contribution in [3.05, 3.63) is 46.8 Å². The molecule has 0 atom stereocenters. The number of rotatable bonds is 6. The average Bonchev–Trinajstić information content (AvgIpc) is 3.17. The third kappa shape index (κ3) is 5.07. The molecule has 1 aliphatic rings. The van der Waals surface area contributed by atoms with Gasteiger partial charge in [0.1, 0.15) is 20.8 Å². The minimum Gasteiger partial charge on any atom is -0.437 e. The van der Waals surface area contributed by atoms with Gasteiger partial charge < -0.3 is 14.5 Å². The fourth-order valence-electron chi connectivity index (χ4n) is 3.19. The Bertz CT molecular complexity index is 1230. The highest BCUT2D eigenvalue weighted by molar-refractivity contribution is 7.92. The van der Waals surface area contributed by atoms with Gasteiger partial charge in [0.15, 0.2) is 0 Å². The first kappa shape index (κ1) is 22.6. The van der Waals surface area contributed by atoms with Crippen molar-refractivity contribution >= 4 is 44.9 Å². The molecule has 4 rings (SSSR count). The maximum Gasteiger partial charge on any atom is 0.267 e. The van der Waals surface area contributed by atoms with Crippen LogP contribution in [0.25, 0.3) is 0 Å². The van der Waals surface area contributed by atoms with E-state index < -0.39 is 10.0 Å². The molecule has 1 aromatic carbocycles. The van der Waals surface area contributed by atoms with Gasteiger partial charge in [-0.2, -0.15) is 10.1 Å². The van der Waals surface area contributed by atoms with Gasteiger partial charge in [-0.15, -0.1) is 0 Å². The van der Waals surface area contributed by atoms with Crippen molar-refractivity contribution in [3.8, 4) is 11.6 Å². The second-order valence-electron chi connectivity index (χ2n) is 7.29. The Balaban J connectivity index is 1.56. The summed E-state index contributed by atoms with van der Waals surface area (Å²) in [5.41, 5.74) is 0.856. The summed E-state index contributed by atoms with van der Waals surface area (Å²) in [4.78, 5) is 12.5. The van der Waals surface area contributed by atoms with Crippen LogP contribution < -0.4 is 14.4 Å². The highest BCUT2D eigenvalue weighted by Gasteiger charge is 2.21. The van der Waals surface area contributed by atoms with Crippen molar-refractivity contribution in [3.63, 3.8) is 0 Å². The number of likely N-dealkylation sites (N-methyl/N-ethyl adjacent to an activating group) is 1. The van der Waals surface area contributed by atoms with E-state index >= 15 is 0 Å². The number of nitrogens with zero attached hydrogens (tertiary/aromatic N) is 6. The number of anilines is 2. The molecule has 2 aromatic heterocycles. The minimum absolute atomic E-state index is 0.00484. The lowest BCUT2D eigenvalue weighted by atomic mass is 10.2. The maximum absolute atomic E-state index is 12.5. The first-order valence-corrected chi connectivity index (χ1v) is 11.9. The van der Waals surface area contributed by atoms with Gasteiger partial charge in [0, 0.05) is 45.5 Å². The van der Waals surface area contributed by atoms with Crippen molar-refractivity contribution in [2.24, 2.45) is 7.05 Å². The Morgan fingerprint density at radius 3 is 2.53 bits per heavy atom. The number of piperazine rings is 1. The van der Waals surface area contributed by atoms with E-state index in [2.05, 4.69) is 36.6 Å². The smallest absolute Gasteiger partial charge is 0.267 e. The Morgan fingerprint density at radius 1 is 1.09 bits per heavy atom. The summed E-state index contributed by atoms with van der Waals surface area (Å²) in [6.07, 6.45) is 2.57. The quantitative estimate of drug-likeness (QED) is 0.518. The molecule has 32 heavy (non-hydrogen) atoms. The van der Waals surface area contributed by atoms with Crippen molar-refractivity contribution in [1.29, 1.82) is 0 Å². The van der Waals surface area contributed by atoms with Crippen LogP contribution in [0.15, 0.2) is 41.6 Å². The number of benzene rings is 1. The lowest BCUT2D eigenvalue weighted by Crippen LogP contribution is -2.44. The zero-order chi connectivity index (χ0) is 22.9. The standard InChI is InChI=1S/C19H21Cl2N7O3S/c1-26-6-8-28(9-7-26)14-4-3-5-15(18(14)21)31-17-10-16(20)23-19(24-17)25-32(29,30)13-11-22-27(2)12-13/h3-5,10-12H,6-9H2,1-2H3,(H,23,24,25). The molecule has 0 saturated carbocycles. The second-order valence-corrected chi connectivity index (χ2v) is 9.74. The Kier molecular flexibility index (Phi) is 6.42. The largest absolute Gasteiger partial charge is 0.437 e. The summed E-state index contributed by atoms with van der Waals surface area (Å²) < 4.78 is 34.6. The van der Waals surface area contributed by atoms with E-state index in [1.165, 1.54) is 23.1 Å². The topological polar surface area (TPSA) is 105 Å². The molecule has 0 bridgehead atoms. The van der Waals surface area contributed by atoms with Crippen molar-refractivity contribution in [2.75, 3.05) is 42.8 Å². The molecule has 1 N–H and O–H groups in total. The van der Waals surface area contributed by atoms with Gasteiger partial charge in [0.25, 0.3) is 10.0 Å². The van der Waals surface area contributed by atoms with E-state index in [4.69, 9.17) is 27.9 Å². The normalized spacial score (nSPS) is 15.1. The molecule has 13 heteroatoms. The van der Waals surface area contributed by atoms with Crippen LogP contribution in [0.5, 0.6) is 11.6 Å². The van der Waals surface area contributed by atoms with E-state index in [9.17, 15) is 8.42 Å². The minimum atomic E-state index is -3.94. The van der Waals surface area contributed by atoms with Gasteiger partial charge in [-0.05, 0) is 19.2 Å². The highest BCUT2D eigenvalue weighted by atomic mass is 35.5. The van der Waals surface area contributed by atoms with Crippen LogP contribution in [0.4, 0.5) is 11.6 Å². The number of aryl methyl sites for hydroxylation is 1. The van der Waals surface area contributed by atoms with Gasteiger partial charge in [-0.1, -0.05) is 29.3 Å². The summed E-state index contributed by atoms with van der Waals surface area (Å²) in [6.45, 7) is 3.56. The number of aromatic nitrogens is 4. The van der Waals surface area contributed by atoms with Gasteiger partial charge in [-0.25, -0.2) is 18.1 Å². The molecule has 1 aliphatic heterocycles. The predicted octanol–water partition coefficient (Wildman–Crippen LogP) is 2.86. The number of sulfonamides is 1. The lowest BCUT2D eigenvalue weighted by Gasteiger charge is -2.34. The second kappa shape index (κ2) is 9.10. The SMILES string of the molecule is CN1CCN(c2cccc(Oc3cc(Cl)nc(NS(=O)(=O)c4cnn(C)c4)n3)c2Cl)CC1. The molecule has 0 aliphatic carbocycles. The summed E-state index contributed by atoms with van der Waals surface area (Å²) in [6, 6.07) is 6.85. The predicted molar refractivity (Wildman–Crippen MR) is 122 cm³/mol. The number of hydrogen-bond donors (Lipinski definition) is 1. The third-order valence-corrected chi connectivity index (χ3v) is 6.75. The molecule has 0 radical (unpaired) electrons. The molecule has 170 valence electrons. The molecule has 0 unspecified atom stereocenters. The van der Waals surface area contributed by atoms with Crippen LogP contribution >= 0.6 is 23.2 Å². The highest BCUT2D eigenvalue weighted by Crippen LogP contribution is 2.37.